The van der Waals surface area contributed by atoms with Gasteiger partial charge in [0, 0.05) is 50.6 Å². The lowest BCUT2D eigenvalue weighted by atomic mass is 10.0. The topological polar surface area (TPSA) is 126 Å². The maximum absolute atomic E-state index is 13.2. The van der Waals surface area contributed by atoms with E-state index < -0.39 is 27.8 Å². The number of alkyl halides is 3. The molecule has 3 aromatic rings. The zero-order valence-electron chi connectivity index (χ0n) is 17.9. The lowest BCUT2D eigenvalue weighted by molar-refractivity contribution is -0.137. The number of sulfonamides is 1. The van der Waals surface area contributed by atoms with Crippen LogP contribution < -0.4 is 4.72 Å². The fourth-order valence-electron chi connectivity index (χ4n) is 3.54. The molecule has 1 aliphatic heterocycles. The standard InChI is InChI=1S/C19H20F3N7O4S/c1-34(31,32)26-16-4-5-29(25-16)18(30)28-8-6-27(7-9-28)11-13-2-3-14(19(20,21)22)10-15(13)17-24-23-12-33-17/h2-5,10,12H,6-9,11H2,1H3,(H,25,26). The third-order valence-electron chi connectivity index (χ3n) is 5.14. The molecule has 3 heterocycles. The van der Waals surface area contributed by atoms with Gasteiger partial charge >= 0.3 is 12.2 Å². The molecule has 4 rings (SSSR count). The first kappa shape index (κ1) is 23.7. The maximum atomic E-state index is 13.2. The van der Waals surface area contributed by atoms with Crippen molar-refractivity contribution in [1.82, 2.24) is 29.8 Å². The van der Waals surface area contributed by atoms with Crippen molar-refractivity contribution in [1.29, 1.82) is 0 Å². The molecule has 11 nitrogen and oxygen atoms in total. The number of hydrogen-bond acceptors (Lipinski definition) is 8. The van der Waals surface area contributed by atoms with E-state index in [4.69, 9.17) is 4.42 Å². The van der Waals surface area contributed by atoms with Crippen LogP contribution in [0.15, 0.2) is 41.3 Å². The van der Waals surface area contributed by atoms with Crippen LogP contribution in [0.5, 0.6) is 0 Å². The molecule has 182 valence electrons. The molecular formula is C19H20F3N7O4S. The average Bonchev–Trinajstić information content (AvgIpc) is 3.44. The van der Waals surface area contributed by atoms with Crippen LogP contribution in [-0.2, 0) is 22.7 Å². The van der Waals surface area contributed by atoms with E-state index in [9.17, 15) is 26.4 Å². The molecule has 1 aliphatic rings. The number of anilines is 1. The molecule has 0 aliphatic carbocycles. The molecule has 2 aromatic heterocycles. The molecule has 15 heteroatoms. The summed E-state index contributed by atoms with van der Waals surface area (Å²) in [5, 5.41) is 11.2. The van der Waals surface area contributed by atoms with Gasteiger partial charge in [-0.1, -0.05) is 6.07 Å². The van der Waals surface area contributed by atoms with Crippen LogP contribution in [0.4, 0.5) is 23.8 Å². The van der Waals surface area contributed by atoms with Crippen molar-refractivity contribution in [2.24, 2.45) is 0 Å². The molecule has 0 atom stereocenters. The normalized spacial score (nSPS) is 15.5. The van der Waals surface area contributed by atoms with Crippen LogP contribution in [0.2, 0.25) is 0 Å². The van der Waals surface area contributed by atoms with Crippen LogP contribution in [-0.4, -0.2) is 76.7 Å². The molecule has 0 radical (unpaired) electrons. The lowest BCUT2D eigenvalue weighted by Gasteiger charge is -2.34. The summed E-state index contributed by atoms with van der Waals surface area (Å²) in [4.78, 5) is 16.2. The Labute approximate surface area is 192 Å². The molecule has 1 fully saturated rings. The van der Waals surface area contributed by atoms with Crippen LogP contribution >= 0.6 is 0 Å². The van der Waals surface area contributed by atoms with Gasteiger partial charge in [0.1, 0.15) is 0 Å². The van der Waals surface area contributed by atoms with Crippen molar-refractivity contribution in [2.75, 3.05) is 37.2 Å². The summed E-state index contributed by atoms with van der Waals surface area (Å²) in [6.45, 7) is 1.95. The van der Waals surface area contributed by atoms with Crippen LogP contribution in [0.1, 0.15) is 11.1 Å². The highest BCUT2D eigenvalue weighted by molar-refractivity contribution is 7.92. The summed E-state index contributed by atoms with van der Waals surface area (Å²) in [7, 11) is -3.52. The summed E-state index contributed by atoms with van der Waals surface area (Å²) < 4.78 is 70.5. The monoisotopic (exact) mass is 499 g/mol. The number of carbonyl (C=O) groups excluding carboxylic acids is 1. The molecule has 34 heavy (non-hydrogen) atoms. The molecule has 1 N–H and O–H groups in total. The van der Waals surface area contributed by atoms with Gasteiger partial charge in [0.2, 0.25) is 22.3 Å². The van der Waals surface area contributed by atoms with Gasteiger partial charge < -0.3 is 9.32 Å². The third kappa shape index (κ3) is 5.53. The van der Waals surface area contributed by atoms with Crippen molar-refractivity contribution in [3.63, 3.8) is 0 Å². The lowest BCUT2D eigenvalue weighted by Crippen LogP contribution is -2.49. The van der Waals surface area contributed by atoms with Gasteiger partial charge in [-0.2, -0.15) is 17.9 Å². The fourth-order valence-corrected chi connectivity index (χ4v) is 4.03. The molecule has 0 unspecified atom stereocenters. The minimum Gasteiger partial charge on any atom is -0.423 e. The van der Waals surface area contributed by atoms with Crippen molar-refractivity contribution < 1.29 is 30.8 Å². The highest BCUT2D eigenvalue weighted by atomic mass is 32.2. The maximum Gasteiger partial charge on any atom is 0.416 e. The zero-order chi connectivity index (χ0) is 24.5. The Morgan fingerprint density at radius 2 is 1.91 bits per heavy atom. The van der Waals surface area contributed by atoms with Gasteiger partial charge in [-0.05, 0) is 17.7 Å². The third-order valence-corrected chi connectivity index (χ3v) is 5.72. The number of piperazine rings is 1. The van der Waals surface area contributed by atoms with Crippen molar-refractivity contribution >= 4 is 21.9 Å². The Bertz CT molecular complexity index is 1270. The van der Waals surface area contributed by atoms with Gasteiger partial charge in [0.05, 0.1) is 11.8 Å². The molecular weight excluding hydrogens is 479 g/mol. The number of benzene rings is 1. The van der Waals surface area contributed by atoms with E-state index in [1.165, 1.54) is 18.3 Å². The predicted octanol–water partition coefficient (Wildman–Crippen LogP) is 2.11. The van der Waals surface area contributed by atoms with E-state index in [2.05, 4.69) is 20.0 Å². The molecule has 0 bridgehead atoms. The van der Waals surface area contributed by atoms with Crippen LogP contribution in [0.25, 0.3) is 11.5 Å². The molecule has 1 aromatic carbocycles. The molecule has 0 saturated carbocycles. The number of aromatic nitrogens is 4. The smallest absolute Gasteiger partial charge is 0.416 e. The second-order valence-electron chi connectivity index (χ2n) is 7.68. The second-order valence-corrected chi connectivity index (χ2v) is 9.43. The minimum atomic E-state index is -4.51. The predicted molar refractivity (Wildman–Crippen MR) is 113 cm³/mol. The van der Waals surface area contributed by atoms with E-state index in [-0.39, 0.29) is 17.3 Å². The van der Waals surface area contributed by atoms with Gasteiger partial charge in [-0.15, -0.1) is 15.3 Å². The molecule has 0 spiro atoms. The van der Waals surface area contributed by atoms with E-state index in [0.717, 1.165) is 29.5 Å². The van der Waals surface area contributed by atoms with Gasteiger partial charge in [-0.25, -0.2) is 13.2 Å². The van der Waals surface area contributed by atoms with Crippen LogP contribution in [0, 0.1) is 0 Å². The van der Waals surface area contributed by atoms with E-state index in [1.807, 2.05) is 4.90 Å². The number of carbonyl (C=O) groups is 1. The summed E-state index contributed by atoms with van der Waals surface area (Å²) in [5.74, 6) is 0.0254. The largest absolute Gasteiger partial charge is 0.423 e. The Kier molecular flexibility index (Phi) is 6.31. The van der Waals surface area contributed by atoms with Crippen molar-refractivity contribution in [3.05, 3.63) is 48.0 Å². The Hall–Kier alpha value is -3.46. The van der Waals surface area contributed by atoms with E-state index in [1.54, 1.807) is 4.90 Å². The zero-order valence-corrected chi connectivity index (χ0v) is 18.7. The number of rotatable bonds is 5. The Balaban J connectivity index is 1.42. The first-order chi connectivity index (χ1) is 16.0. The van der Waals surface area contributed by atoms with Gasteiger partial charge in [0.25, 0.3) is 0 Å². The number of halogens is 3. The number of nitrogens with one attached hydrogen (secondary N) is 1. The van der Waals surface area contributed by atoms with E-state index >= 15 is 0 Å². The van der Waals surface area contributed by atoms with Gasteiger partial charge in [0.15, 0.2) is 5.82 Å². The fraction of sp³-hybridized carbons (Fsp3) is 0.368. The van der Waals surface area contributed by atoms with Crippen molar-refractivity contribution in [3.8, 4) is 11.5 Å². The van der Waals surface area contributed by atoms with Crippen molar-refractivity contribution in [2.45, 2.75) is 12.7 Å². The SMILES string of the molecule is CS(=O)(=O)Nc1ccn(C(=O)N2CCN(Cc3ccc(C(F)(F)F)cc3-c3nnco3)CC2)n1. The first-order valence-corrected chi connectivity index (χ1v) is 11.9. The quantitative estimate of drug-likeness (QED) is 0.566. The average molecular weight is 499 g/mol. The summed E-state index contributed by atoms with van der Waals surface area (Å²) in [6, 6.07) is 4.35. The van der Waals surface area contributed by atoms with E-state index in [0.29, 0.717) is 38.3 Å². The highest BCUT2D eigenvalue weighted by Gasteiger charge is 2.32. The number of hydrogen-bond donors (Lipinski definition) is 1. The molecule has 1 saturated heterocycles. The minimum absolute atomic E-state index is 0.00731. The Morgan fingerprint density at radius 3 is 2.53 bits per heavy atom. The van der Waals surface area contributed by atoms with Gasteiger partial charge in [-0.3, -0.25) is 9.62 Å². The highest BCUT2D eigenvalue weighted by Crippen LogP contribution is 2.34. The number of amides is 1. The summed E-state index contributed by atoms with van der Waals surface area (Å²) in [5.41, 5.74) is -0.0299. The van der Waals surface area contributed by atoms with Crippen LogP contribution in [0.3, 0.4) is 0 Å². The summed E-state index contributed by atoms with van der Waals surface area (Å²) >= 11 is 0. The number of nitrogens with zero attached hydrogens (tertiary/aromatic N) is 6. The first-order valence-electron chi connectivity index (χ1n) is 10.0. The summed E-state index contributed by atoms with van der Waals surface area (Å²) in [6.07, 6.45) is -1.12. The second kappa shape index (κ2) is 9.06. The molecule has 1 amide bonds. The Morgan fingerprint density at radius 1 is 1.18 bits per heavy atom.